The number of carbonyl (C=O) groups is 2. The Morgan fingerprint density at radius 1 is 1.20 bits per heavy atom. The first kappa shape index (κ1) is 19.4. The fourth-order valence-corrected chi connectivity index (χ4v) is 2.83. The standard InChI is InChI=1S/C19H29N3O3/c1-15-4-5-16(2)18(14-15)20-19(24)6-7-22(17(3)23)9-8-21-10-12-25-13-11-21/h4-5,14H,6-13H2,1-3H3,(H,20,24). The van der Waals surface area contributed by atoms with Crippen molar-refractivity contribution in [1.29, 1.82) is 0 Å². The molecule has 0 bridgehead atoms. The van der Waals surface area contributed by atoms with E-state index in [-0.39, 0.29) is 11.8 Å². The molecule has 0 saturated carbocycles. The smallest absolute Gasteiger partial charge is 0.226 e. The Balaban J connectivity index is 1.80. The predicted octanol–water partition coefficient (Wildman–Crippen LogP) is 1.81. The van der Waals surface area contributed by atoms with Crippen LogP contribution in [0, 0.1) is 13.8 Å². The van der Waals surface area contributed by atoms with E-state index in [0.717, 1.165) is 49.7 Å². The zero-order valence-electron chi connectivity index (χ0n) is 15.5. The van der Waals surface area contributed by atoms with Gasteiger partial charge >= 0.3 is 0 Å². The second-order valence-corrected chi connectivity index (χ2v) is 6.58. The minimum absolute atomic E-state index is 0.00722. The van der Waals surface area contributed by atoms with Crippen LogP contribution in [0.4, 0.5) is 5.69 Å². The highest BCUT2D eigenvalue weighted by molar-refractivity contribution is 5.92. The van der Waals surface area contributed by atoms with Gasteiger partial charge in [-0.25, -0.2) is 0 Å². The molecule has 0 atom stereocenters. The Hall–Kier alpha value is -1.92. The van der Waals surface area contributed by atoms with Crippen LogP contribution in [0.3, 0.4) is 0 Å². The summed E-state index contributed by atoms with van der Waals surface area (Å²) in [6.07, 6.45) is 0.302. The maximum Gasteiger partial charge on any atom is 0.226 e. The van der Waals surface area contributed by atoms with Crippen LogP contribution in [0.15, 0.2) is 18.2 Å². The number of anilines is 1. The molecule has 0 unspecified atom stereocenters. The van der Waals surface area contributed by atoms with Crippen LogP contribution in [0.5, 0.6) is 0 Å². The van der Waals surface area contributed by atoms with E-state index in [4.69, 9.17) is 4.74 Å². The van der Waals surface area contributed by atoms with Crippen LogP contribution in [0.25, 0.3) is 0 Å². The van der Waals surface area contributed by atoms with Crippen molar-refractivity contribution in [2.45, 2.75) is 27.2 Å². The topological polar surface area (TPSA) is 61.9 Å². The maximum atomic E-state index is 12.2. The molecule has 138 valence electrons. The Morgan fingerprint density at radius 2 is 1.92 bits per heavy atom. The summed E-state index contributed by atoms with van der Waals surface area (Å²) < 4.78 is 5.33. The first-order valence-corrected chi connectivity index (χ1v) is 8.88. The number of morpholine rings is 1. The van der Waals surface area contributed by atoms with Crippen molar-refractivity contribution in [3.8, 4) is 0 Å². The summed E-state index contributed by atoms with van der Waals surface area (Å²) >= 11 is 0. The van der Waals surface area contributed by atoms with Crippen molar-refractivity contribution in [2.24, 2.45) is 0 Å². The lowest BCUT2D eigenvalue weighted by Gasteiger charge is -2.29. The largest absolute Gasteiger partial charge is 0.379 e. The molecule has 0 radical (unpaired) electrons. The van der Waals surface area contributed by atoms with Gasteiger partial charge in [-0.05, 0) is 31.0 Å². The molecule has 1 aromatic rings. The van der Waals surface area contributed by atoms with Gasteiger partial charge in [-0.2, -0.15) is 0 Å². The van der Waals surface area contributed by atoms with Gasteiger partial charge in [0.2, 0.25) is 11.8 Å². The lowest BCUT2D eigenvalue weighted by Crippen LogP contribution is -2.43. The summed E-state index contributed by atoms with van der Waals surface area (Å²) in [5.74, 6) is -0.0564. The number of hydrogen-bond acceptors (Lipinski definition) is 4. The highest BCUT2D eigenvalue weighted by Crippen LogP contribution is 2.16. The molecule has 1 aliphatic rings. The van der Waals surface area contributed by atoms with Crippen LogP contribution < -0.4 is 5.32 Å². The number of aryl methyl sites for hydroxylation is 2. The van der Waals surface area contributed by atoms with Crippen molar-refractivity contribution in [3.63, 3.8) is 0 Å². The van der Waals surface area contributed by atoms with E-state index in [1.807, 2.05) is 32.0 Å². The van der Waals surface area contributed by atoms with E-state index >= 15 is 0 Å². The third-order valence-electron chi connectivity index (χ3n) is 4.51. The summed E-state index contributed by atoms with van der Waals surface area (Å²) in [6.45, 7) is 10.7. The molecule has 0 aromatic heterocycles. The molecule has 1 saturated heterocycles. The lowest BCUT2D eigenvalue weighted by atomic mass is 10.1. The lowest BCUT2D eigenvalue weighted by molar-refractivity contribution is -0.129. The molecule has 6 heteroatoms. The number of nitrogens with zero attached hydrogens (tertiary/aromatic N) is 2. The Kier molecular flexibility index (Phi) is 7.40. The minimum atomic E-state index is -0.0636. The third-order valence-corrected chi connectivity index (χ3v) is 4.51. The monoisotopic (exact) mass is 347 g/mol. The third kappa shape index (κ3) is 6.48. The molecule has 0 spiro atoms. The van der Waals surface area contributed by atoms with E-state index in [1.165, 1.54) is 0 Å². The van der Waals surface area contributed by atoms with Crippen molar-refractivity contribution < 1.29 is 14.3 Å². The molecule has 2 rings (SSSR count). The summed E-state index contributed by atoms with van der Waals surface area (Å²) in [5, 5.41) is 2.95. The molecule has 2 amide bonds. The van der Waals surface area contributed by atoms with E-state index in [9.17, 15) is 9.59 Å². The second-order valence-electron chi connectivity index (χ2n) is 6.58. The number of nitrogens with one attached hydrogen (secondary N) is 1. The summed E-state index contributed by atoms with van der Waals surface area (Å²) in [5.41, 5.74) is 2.99. The van der Waals surface area contributed by atoms with Crippen LogP contribution in [0.2, 0.25) is 0 Å². The van der Waals surface area contributed by atoms with E-state index in [2.05, 4.69) is 10.2 Å². The van der Waals surface area contributed by atoms with Crippen molar-refractivity contribution in [1.82, 2.24) is 9.80 Å². The molecule has 0 aliphatic carbocycles. The fraction of sp³-hybridized carbons (Fsp3) is 0.579. The number of hydrogen-bond donors (Lipinski definition) is 1. The Bertz CT molecular complexity index is 598. The molecule has 1 N–H and O–H groups in total. The van der Waals surface area contributed by atoms with Gasteiger partial charge in [-0.15, -0.1) is 0 Å². The zero-order chi connectivity index (χ0) is 18.2. The molecule has 1 aromatic carbocycles. The van der Waals surface area contributed by atoms with Gasteiger partial charge < -0.3 is 15.0 Å². The van der Waals surface area contributed by atoms with E-state index < -0.39 is 0 Å². The first-order valence-electron chi connectivity index (χ1n) is 8.88. The highest BCUT2D eigenvalue weighted by atomic mass is 16.5. The van der Waals surface area contributed by atoms with Gasteiger partial charge in [-0.1, -0.05) is 12.1 Å². The van der Waals surface area contributed by atoms with E-state index in [0.29, 0.717) is 19.5 Å². The quantitative estimate of drug-likeness (QED) is 0.817. The number of rotatable bonds is 7. The molecule has 1 aliphatic heterocycles. The zero-order valence-corrected chi connectivity index (χ0v) is 15.5. The first-order chi connectivity index (χ1) is 12.0. The summed E-state index contributed by atoms with van der Waals surface area (Å²) in [6, 6.07) is 5.98. The minimum Gasteiger partial charge on any atom is -0.379 e. The van der Waals surface area contributed by atoms with Crippen LogP contribution in [-0.2, 0) is 14.3 Å². The van der Waals surface area contributed by atoms with Gasteiger partial charge in [0.05, 0.1) is 13.2 Å². The average molecular weight is 347 g/mol. The normalized spacial score (nSPS) is 15.0. The summed E-state index contributed by atoms with van der Waals surface area (Å²) in [4.78, 5) is 28.1. The van der Waals surface area contributed by atoms with Crippen molar-refractivity contribution in [3.05, 3.63) is 29.3 Å². The average Bonchev–Trinajstić information content (AvgIpc) is 2.58. The van der Waals surface area contributed by atoms with Crippen LogP contribution >= 0.6 is 0 Å². The number of carbonyl (C=O) groups excluding carboxylic acids is 2. The number of amides is 2. The molecular weight excluding hydrogens is 318 g/mol. The second kappa shape index (κ2) is 9.53. The van der Waals surface area contributed by atoms with Gasteiger partial charge in [0.25, 0.3) is 0 Å². The Labute approximate surface area is 150 Å². The van der Waals surface area contributed by atoms with Gasteiger partial charge in [-0.3, -0.25) is 14.5 Å². The predicted molar refractivity (Wildman–Crippen MR) is 98.7 cm³/mol. The van der Waals surface area contributed by atoms with Crippen LogP contribution in [-0.4, -0.2) is 67.6 Å². The van der Waals surface area contributed by atoms with Crippen molar-refractivity contribution >= 4 is 17.5 Å². The van der Waals surface area contributed by atoms with Gasteiger partial charge in [0.1, 0.15) is 0 Å². The van der Waals surface area contributed by atoms with Gasteiger partial charge in [0.15, 0.2) is 0 Å². The number of ether oxygens (including phenoxy) is 1. The SMILES string of the molecule is CC(=O)N(CCC(=O)Nc1cc(C)ccc1C)CCN1CCOCC1. The Morgan fingerprint density at radius 3 is 2.60 bits per heavy atom. The van der Waals surface area contributed by atoms with E-state index in [1.54, 1.807) is 11.8 Å². The number of benzene rings is 1. The molecular formula is C19H29N3O3. The fourth-order valence-electron chi connectivity index (χ4n) is 2.83. The molecule has 1 heterocycles. The maximum absolute atomic E-state index is 12.2. The molecule has 6 nitrogen and oxygen atoms in total. The molecule has 1 fully saturated rings. The van der Waals surface area contributed by atoms with Gasteiger partial charge in [0, 0.05) is 51.8 Å². The van der Waals surface area contributed by atoms with Crippen molar-refractivity contribution in [2.75, 3.05) is 51.3 Å². The highest BCUT2D eigenvalue weighted by Gasteiger charge is 2.15. The summed E-state index contributed by atoms with van der Waals surface area (Å²) in [7, 11) is 0. The molecule has 25 heavy (non-hydrogen) atoms. The van der Waals surface area contributed by atoms with Crippen LogP contribution in [0.1, 0.15) is 24.5 Å².